The zero-order valence-electron chi connectivity index (χ0n) is 15.1. The third kappa shape index (κ3) is 4.29. The minimum absolute atomic E-state index is 0.0259. The molecule has 8 heteroatoms. The summed E-state index contributed by atoms with van der Waals surface area (Å²) in [5.41, 5.74) is 2.12. The number of nitro groups is 2. The highest BCUT2D eigenvalue weighted by Crippen LogP contribution is 2.17. The Morgan fingerprint density at radius 1 is 0.821 bits per heavy atom. The summed E-state index contributed by atoms with van der Waals surface area (Å²) < 4.78 is 1.75. The number of hydrogen-bond donors (Lipinski definition) is 0. The molecule has 1 aromatic heterocycles. The van der Waals surface area contributed by atoms with E-state index in [0.29, 0.717) is 22.3 Å². The Kier molecular flexibility index (Phi) is 5.30. The second-order valence-corrected chi connectivity index (χ2v) is 6.51. The van der Waals surface area contributed by atoms with Gasteiger partial charge in [-0.25, -0.2) is 0 Å². The molecule has 0 atom stereocenters. The summed E-state index contributed by atoms with van der Waals surface area (Å²) in [5.74, 6) is 0. The van der Waals surface area contributed by atoms with E-state index >= 15 is 0 Å². The predicted octanol–water partition coefficient (Wildman–Crippen LogP) is 3.38. The SMILES string of the molecule is Cn1cc(Cc2cccc([N+](=O)[O-])c2)c(=O)c(Cc2cccc([N+](=O)[O-])c2)c1. The van der Waals surface area contributed by atoms with E-state index in [9.17, 15) is 25.0 Å². The molecule has 0 saturated carbocycles. The van der Waals surface area contributed by atoms with Crippen LogP contribution in [0.5, 0.6) is 0 Å². The van der Waals surface area contributed by atoms with E-state index in [2.05, 4.69) is 0 Å². The lowest BCUT2D eigenvalue weighted by molar-refractivity contribution is -0.385. The molecule has 0 aliphatic carbocycles. The van der Waals surface area contributed by atoms with Gasteiger partial charge in [-0.3, -0.25) is 25.0 Å². The Hall–Kier alpha value is -3.81. The quantitative estimate of drug-likeness (QED) is 0.482. The lowest BCUT2D eigenvalue weighted by Crippen LogP contribution is -2.18. The smallest absolute Gasteiger partial charge is 0.269 e. The van der Waals surface area contributed by atoms with Gasteiger partial charge < -0.3 is 4.57 Å². The van der Waals surface area contributed by atoms with Gasteiger partial charge in [0, 0.05) is 67.7 Å². The summed E-state index contributed by atoms with van der Waals surface area (Å²) in [6, 6.07) is 12.4. The van der Waals surface area contributed by atoms with Gasteiger partial charge in [-0.1, -0.05) is 24.3 Å². The van der Waals surface area contributed by atoms with Crippen molar-refractivity contribution in [1.29, 1.82) is 0 Å². The fourth-order valence-electron chi connectivity index (χ4n) is 3.10. The van der Waals surface area contributed by atoms with Crippen molar-refractivity contribution < 1.29 is 9.85 Å². The van der Waals surface area contributed by atoms with E-state index in [0.717, 1.165) is 0 Å². The van der Waals surface area contributed by atoms with Gasteiger partial charge in [0.25, 0.3) is 11.4 Å². The molecule has 28 heavy (non-hydrogen) atoms. The number of non-ortho nitro benzene ring substituents is 2. The molecule has 8 nitrogen and oxygen atoms in total. The van der Waals surface area contributed by atoms with Crippen molar-refractivity contribution in [3.05, 3.63) is 114 Å². The molecule has 0 aliphatic heterocycles. The van der Waals surface area contributed by atoms with Gasteiger partial charge in [-0.05, 0) is 11.1 Å². The van der Waals surface area contributed by atoms with E-state index in [1.54, 1.807) is 48.3 Å². The van der Waals surface area contributed by atoms with Crippen molar-refractivity contribution >= 4 is 11.4 Å². The molecule has 0 radical (unpaired) electrons. The van der Waals surface area contributed by atoms with Crippen LogP contribution in [0.4, 0.5) is 11.4 Å². The number of nitrogens with zero attached hydrogens (tertiary/aromatic N) is 3. The van der Waals surface area contributed by atoms with Crippen LogP contribution in [0.3, 0.4) is 0 Å². The van der Waals surface area contributed by atoms with Crippen LogP contribution in [0.15, 0.2) is 65.7 Å². The van der Waals surface area contributed by atoms with Crippen LogP contribution < -0.4 is 5.43 Å². The van der Waals surface area contributed by atoms with E-state index in [4.69, 9.17) is 0 Å². The molecular formula is C20H17N3O5. The fourth-order valence-corrected chi connectivity index (χ4v) is 3.10. The van der Waals surface area contributed by atoms with Gasteiger partial charge >= 0.3 is 0 Å². The first-order chi connectivity index (χ1) is 13.3. The summed E-state index contributed by atoms with van der Waals surface area (Å²) in [6.07, 6.45) is 3.91. The molecule has 0 amide bonds. The second-order valence-electron chi connectivity index (χ2n) is 6.51. The molecular weight excluding hydrogens is 362 g/mol. The average molecular weight is 379 g/mol. The average Bonchev–Trinajstić information content (AvgIpc) is 2.66. The lowest BCUT2D eigenvalue weighted by Gasteiger charge is -2.09. The van der Waals surface area contributed by atoms with Crippen molar-refractivity contribution in [3.63, 3.8) is 0 Å². The monoisotopic (exact) mass is 379 g/mol. The van der Waals surface area contributed by atoms with Crippen molar-refractivity contribution in [2.75, 3.05) is 0 Å². The number of rotatable bonds is 6. The Labute approximate surface area is 160 Å². The van der Waals surface area contributed by atoms with Crippen LogP contribution in [0.2, 0.25) is 0 Å². The lowest BCUT2D eigenvalue weighted by atomic mass is 10.0. The highest BCUT2D eigenvalue weighted by Gasteiger charge is 2.12. The number of nitro benzene ring substituents is 2. The van der Waals surface area contributed by atoms with Crippen molar-refractivity contribution in [2.24, 2.45) is 7.05 Å². The minimum atomic E-state index is -0.472. The first-order valence-electron chi connectivity index (χ1n) is 8.48. The summed E-state index contributed by atoms with van der Waals surface area (Å²) in [5, 5.41) is 21.9. The first kappa shape index (κ1) is 19.0. The summed E-state index contributed by atoms with van der Waals surface area (Å²) >= 11 is 0. The molecule has 2 aromatic carbocycles. The number of hydrogen-bond acceptors (Lipinski definition) is 5. The number of pyridine rings is 1. The molecule has 1 heterocycles. The predicted molar refractivity (Wildman–Crippen MR) is 103 cm³/mol. The second kappa shape index (κ2) is 7.83. The van der Waals surface area contributed by atoms with Crippen LogP contribution in [0.1, 0.15) is 22.3 Å². The Balaban J connectivity index is 1.93. The molecule has 142 valence electrons. The summed E-state index contributed by atoms with van der Waals surface area (Å²) in [6.45, 7) is 0. The molecule has 0 N–H and O–H groups in total. The topological polar surface area (TPSA) is 108 Å². The van der Waals surface area contributed by atoms with Gasteiger partial charge in [0.2, 0.25) is 0 Å². The maximum Gasteiger partial charge on any atom is 0.269 e. The highest BCUT2D eigenvalue weighted by molar-refractivity contribution is 5.39. The van der Waals surface area contributed by atoms with Crippen LogP contribution in [0.25, 0.3) is 0 Å². The molecule has 0 spiro atoms. The van der Waals surface area contributed by atoms with Gasteiger partial charge in [-0.2, -0.15) is 0 Å². The highest BCUT2D eigenvalue weighted by atomic mass is 16.6. The molecule has 3 aromatic rings. The van der Waals surface area contributed by atoms with E-state index in [-0.39, 0.29) is 29.6 Å². The zero-order chi connectivity index (χ0) is 20.3. The molecule has 0 bridgehead atoms. The third-order valence-corrected chi connectivity index (χ3v) is 4.33. The number of benzene rings is 2. The summed E-state index contributed by atoms with van der Waals surface area (Å²) in [7, 11) is 1.79. The summed E-state index contributed by atoms with van der Waals surface area (Å²) in [4.78, 5) is 33.8. The van der Waals surface area contributed by atoms with Crippen LogP contribution in [-0.4, -0.2) is 14.4 Å². The minimum Gasteiger partial charge on any atom is -0.356 e. The normalized spacial score (nSPS) is 10.6. The van der Waals surface area contributed by atoms with Crippen LogP contribution in [0, 0.1) is 20.2 Å². The number of aromatic nitrogens is 1. The fraction of sp³-hybridized carbons (Fsp3) is 0.150. The largest absolute Gasteiger partial charge is 0.356 e. The molecule has 0 unspecified atom stereocenters. The standard InChI is InChI=1S/C20H17N3O5/c1-21-12-16(8-14-4-2-6-18(10-14)22(25)26)20(24)17(13-21)9-15-5-3-7-19(11-15)23(27)28/h2-7,10-13H,8-9H2,1H3. The third-order valence-electron chi connectivity index (χ3n) is 4.33. The van der Waals surface area contributed by atoms with Crippen molar-refractivity contribution in [2.45, 2.75) is 12.8 Å². The van der Waals surface area contributed by atoms with Gasteiger partial charge in [-0.15, -0.1) is 0 Å². The molecule has 0 aliphatic rings. The van der Waals surface area contributed by atoms with E-state index < -0.39 is 9.85 Å². The van der Waals surface area contributed by atoms with Crippen molar-refractivity contribution in [3.8, 4) is 0 Å². The number of aryl methyl sites for hydroxylation is 1. The van der Waals surface area contributed by atoms with Crippen LogP contribution >= 0.6 is 0 Å². The van der Waals surface area contributed by atoms with E-state index in [1.165, 1.54) is 24.3 Å². The van der Waals surface area contributed by atoms with E-state index in [1.807, 2.05) is 0 Å². The van der Waals surface area contributed by atoms with Gasteiger partial charge in [0.1, 0.15) is 0 Å². The van der Waals surface area contributed by atoms with Crippen molar-refractivity contribution in [1.82, 2.24) is 4.57 Å². The maximum absolute atomic E-state index is 12.9. The first-order valence-corrected chi connectivity index (χ1v) is 8.48. The molecule has 0 fully saturated rings. The Morgan fingerprint density at radius 2 is 1.25 bits per heavy atom. The van der Waals surface area contributed by atoms with Gasteiger partial charge in [0.15, 0.2) is 5.43 Å². The molecule has 0 saturated heterocycles. The zero-order valence-corrected chi connectivity index (χ0v) is 15.1. The van der Waals surface area contributed by atoms with Crippen LogP contribution in [-0.2, 0) is 19.9 Å². The Morgan fingerprint density at radius 3 is 1.64 bits per heavy atom. The Bertz CT molecular complexity index is 1040. The van der Waals surface area contributed by atoms with Gasteiger partial charge in [0.05, 0.1) is 9.85 Å². The maximum atomic E-state index is 12.9. The molecule has 3 rings (SSSR count).